The third kappa shape index (κ3) is 4.80. The van der Waals surface area contributed by atoms with Crippen molar-refractivity contribution in [1.29, 1.82) is 0 Å². The van der Waals surface area contributed by atoms with Gasteiger partial charge in [-0.2, -0.15) is 0 Å². The summed E-state index contributed by atoms with van der Waals surface area (Å²) in [5.74, 6) is -0.208. The molecule has 0 aliphatic heterocycles. The van der Waals surface area contributed by atoms with Gasteiger partial charge in [0.25, 0.3) is 0 Å². The highest BCUT2D eigenvalue weighted by Crippen LogP contribution is 2.29. The van der Waals surface area contributed by atoms with E-state index < -0.39 is 12.0 Å². The van der Waals surface area contributed by atoms with Crippen LogP contribution in [0.1, 0.15) is 17.9 Å². The third-order valence-corrected chi connectivity index (χ3v) is 4.31. The quantitative estimate of drug-likeness (QED) is 0.675. The lowest BCUT2D eigenvalue weighted by Crippen LogP contribution is -2.26. The Morgan fingerprint density at radius 1 is 1.25 bits per heavy atom. The second kappa shape index (κ2) is 8.82. The van der Waals surface area contributed by atoms with Gasteiger partial charge in [0, 0.05) is 11.8 Å². The van der Waals surface area contributed by atoms with Crippen molar-refractivity contribution in [2.45, 2.75) is 18.4 Å². The largest absolute Gasteiger partial charge is 0.495 e. The molecule has 128 valence electrons. The number of amides is 1. The summed E-state index contributed by atoms with van der Waals surface area (Å²) < 4.78 is 6.01. The Morgan fingerprint density at radius 2 is 1.96 bits per heavy atom. The first-order chi connectivity index (χ1) is 11.5. The molecule has 0 fully saturated rings. The van der Waals surface area contributed by atoms with Gasteiger partial charge in [0.2, 0.25) is 5.91 Å². The molecule has 24 heavy (non-hydrogen) atoms. The molecule has 6 heteroatoms. The molecule has 0 bridgehead atoms. The molecule has 0 aliphatic carbocycles. The summed E-state index contributed by atoms with van der Waals surface area (Å²) in [5, 5.41) is 21.7. The van der Waals surface area contributed by atoms with Gasteiger partial charge in [0.15, 0.2) is 0 Å². The number of carbonyl (C=O) groups excluding carboxylic acids is 1. The van der Waals surface area contributed by atoms with Gasteiger partial charge >= 0.3 is 0 Å². The van der Waals surface area contributed by atoms with Crippen molar-refractivity contribution in [3.05, 3.63) is 58.6 Å². The van der Waals surface area contributed by atoms with Crippen molar-refractivity contribution >= 4 is 27.5 Å². The lowest BCUT2D eigenvalue weighted by molar-refractivity contribution is -0.118. The zero-order valence-electron chi connectivity index (χ0n) is 13.3. The van der Waals surface area contributed by atoms with Gasteiger partial charge in [-0.3, -0.25) is 4.79 Å². The van der Waals surface area contributed by atoms with E-state index in [1.165, 1.54) is 0 Å². The van der Waals surface area contributed by atoms with Gasteiger partial charge in [-0.15, -0.1) is 0 Å². The zero-order valence-corrected chi connectivity index (χ0v) is 14.9. The van der Waals surface area contributed by atoms with E-state index in [1.807, 2.05) is 30.3 Å². The summed E-state index contributed by atoms with van der Waals surface area (Å²) in [4.78, 5) is 12.7. The number of rotatable bonds is 7. The van der Waals surface area contributed by atoms with E-state index in [0.717, 1.165) is 10.0 Å². The second-order valence-electron chi connectivity index (χ2n) is 5.37. The summed E-state index contributed by atoms with van der Waals surface area (Å²) >= 11 is 3.37. The van der Waals surface area contributed by atoms with Crippen LogP contribution in [0.3, 0.4) is 0 Å². The van der Waals surface area contributed by atoms with Crippen LogP contribution in [-0.4, -0.2) is 35.9 Å². The molecule has 3 N–H and O–H groups in total. The van der Waals surface area contributed by atoms with Gasteiger partial charge < -0.3 is 20.3 Å². The number of aliphatic hydroxyl groups excluding tert-OH is 2. The molecule has 1 amide bonds. The van der Waals surface area contributed by atoms with Crippen molar-refractivity contribution < 1.29 is 19.7 Å². The Morgan fingerprint density at radius 3 is 2.58 bits per heavy atom. The van der Waals surface area contributed by atoms with Crippen LogP contribution in [-0.2, 0) is 4.79 Å². The average Bonchev–Trinajstić information content (AvgIpc) is 2.61. The molecular formula is C18H20BrNO4. The molecule has 0 spiro atoms. The molecule has 0 heterocycles. The molecule has 5 nitrogen and oxygen atoms in total. The second-order valence-corrected chi connectivity index (χ2v) is 6.23. The lowest BCUT2D eigenvalue weighted by Gasteiger charge is -2.20. The number of nitrogens with one attached hydrogen (secondary N) is 1. The van der Waals surface area contributed by atoms with E-state index in [2.05, 4.69) is 21.2 Å². The summed E-state index contributed by atoms with van der Waals surface area (Å²) in [7, 11) is 1.55. The Bertz CT molecular complexity index is 678. The van der Waals surface area contributed by atoms with E-state index in [1.54, 1.807) is 25.3 Å². The minimum absolute atomic E-state index is 0.139. The molecule has 2 atom stereocenters. The zero-order chi connectivity index (χ0) is 17.5. The first-order valence-electron chi connectivity index (χ1n) is 7.53. The van der Waals surface area contributed by atoms with Crippen LogP contribution < -0.4 is 10.1 Å². The highest BCUT2D eigenvalue weighted by atomic mass is 79.9. The molecule has 2 rings (SSSR count). The van der Waals surface area contributed by atoms with Crippen LogP contribution in [0.4, 0.5) is 5.69 Å². The molecule has 0 aromatic heterocycles. The highest BCUT2D eigenvalue weighted by molar-refractivity contribution is 9.10. The van der Waals surface area contributed by atoms with Crippen molar-refractivity contribution in [2.24, 2.45) is 0 Å². The Kier molecular flexibility index (Phi) is 6.78. The number of ether oxygens (including phenoxy) is 1. The van der Waals surface area contributed by atoms with Crippen molar-refractivity contribution in [3.63, 3.8) is 0 Å². The maximum Gasteiger partial charge on any atom is 0.232 e. The smallest absolute Gasteiger partial charge is 0.232 e. The normalized spacial score (nSPS) is 13.2. The first kappa shape index (κ1) is 18.4. The summed E-state index contributed by atoms with van der Waals surface area (Å²) in [6.07, 6.45) is -0.819. The molecule has 0 radical (unpaired) electrons. The summed E-state index contributed by atoms with van der Waals surface area (Å²) in [5.41, 5.74) is 1.38. The number of benzene rings is 2. The maximum atomic E-state index is 12.7. The predicted octanol–water partition coefficient (Wildman–Crippen LogP) is 2.92. The topological polar surface area (TPSA) is 78.8 Å². The van der Waals surface area contributed by atoms with E-state index in [0.29, 0.717) is 11.4 Å². The van der Waals surface area contributed by atoms with Crippen molar-refractivity contribution in [3.8, 4) is 5.75 Å². The van der Waals surface area contributed by atoms with Crippen LogP contribution >= 0.6 is 15.9 Å². The highest BCUT2D eigenvalue weighted by Gasteiger charge is 2.24. The van der Waals surface area contributed by atoms with Crippen LogP contribution in [0, 0.1) is 0 Å². The molecule has 2 aromatic rings. The van der Waals surface area contributed by atoms with E-state index in [-0.39, 0.29) is 18.9 Å². The van der Waals surface area contributed by atoms with Gasteiger partial charge in [0.05, 0.1) is 30.2 Å². The monoisotopic (exact) mass is 393 g/mol. The van der Waals surface area contributed by atoms with Gasteiger partial charge in [-0.05, 0) is 40.0 Å². The first-order valence-corrected chi connectivity index (χ1v) is 8.32. The number of aliphatic hydroxyl groups is 2. The van der Waals surface area contributed by atoms with Crippen LogP contribution in [0.2, 0.25) is 0 Å². The SMILES string of the molecule is COc1cc(NC(=O)[C@H](C[C@@H](O)CO)c2ccccc2)ccc1Br. The molecule has 0 unspecified atom stereocenters. The minimum atomic E-state index is -0.958. The Labute approximate surface area is 149 Å². The number of anilines is 1. The summed E-state index contributed by atoms with van der Waals surface area (Å²) in [6.45, 7) is -0.386. The van der Waals surface area contributed by atoms with Crippen LogP contribution in [0.15, 0.2) is 53.0 Å². The predicted molar refractivity (Wildman–Crippen MR) is 96.2 cm³/mol. The summed E-state index contributed by atoms with van der Waals surface area (Å²) in [6, 6.07) is 14.5. The fourth-order valence-electron chi connectivity index (χ4n) is 2.39. The lowest BCUT2D eigenvalue weighted by atomic mass is 9.92. The number of methoxy groups -OCH3 is 1. The molecule has 2 aromatic carbocycles. The molecule has 0 aliphatic rings. The van der Waals surface area contributed by atoms with Crippen LogP contribution in [0.5, 0.6) is 5.75 Å². The molecular weight excluding hydrogens is 374 g/mol. The minimum Gasteiger partial charge on any atom is -0.495 e. The van der Waals surface area contributed by atoms with Crippen molar-refractivity contribution in [2.75, 3.05) is 19.0 Å². The number of hydrogen-bond donors (Lipinski definition) is 3. The molecule has 0 saturated carbocycles. The maximum absolute atomic E-state index is 12.7. The fraction of sp³-hybridized carbons (Fsp3) is 0.278. The number of carbonyl (C=O) groups is 1. The van der Waals surface area contributed by atoms with E-state index in [9.17, 15) is 9.90 Å². The van der Waals surface area contributed by atoms with Crippen LogP contribution in [0.25, 0.3) is 0 Å². The number of hydrogen-bond acceptors (Lipinski definition) is 4. The van der Waals surface area contributed by atoms with E-state index in [4.69, 9.17) is 9.84 Å². The standard InChI is InChI=1S/C18H20BrNO4/c1-24-17-9-13(7-8-16(17)19)20-18(23)15(10-14(22)11-21)12-5-3-2-4-6-12/h2-9,14-15,21-22H,10-11H2,1H3,(H,20,23)/t14-,15-/m1/s1. The average molecular weight is 394 g/mol. The van der Waals surface area contributed by atoms with Gasteiger partial charge in [0.1, 0.15) is 5.75 Å². The Hall–Kier alpha value is -1.89. The Balaban J connectivity index is 2.21. The fourth-order valence-corrected chi connectivity index (χ4v) is 2.80. The third-order valence-electron chi connectivity index (χ3n) is 3.66. The number of halogens is 1. The molecule has 0 saturated heterocycles. The van der Waals surface area contributed by atoms with E-state index >= 15 is 0 Å². The van der Waals surface area contributed by atoms with Crippen molar-refractivity contribution in [1.82, 2.24) is 0 Å². The van der Waals surface area contributed by atoms with Gasteiger partial charge in [-0.1, -0.05) is 30.3 Å². The van der Waals surface area contributed by atoms with Gasteiger partial charge in [-0.25, -0.2) is 0 Å².